The maximum atomic E-state index is 11.5. The number of carbonyl (C=O) groups is 2. The van der Waals surface area contributed by atoms with Crippen LogP contribution in [0.3, 0.4) is 0 Å². The Morgan fingerprint density at radius 3 is 2.75 bits per heavy atom. The van der Waals surface area contributed by atoms with Crippen LogP contribution in [-0.2, 0) is 4.79 Å². The van der Waals surface area contributed by atoms with E-state index in [1.165, 1.54) is 16.2 Å². The topological polar surface area (TPSA) is 88.3 Å². The van der Waals surface area contributed by atoms with Crippen molar-refractivity contribution in [3.8, 4) is 0 Å². The van der Waals surface area contributed by atoms with Gasteiger partial charge in [0.15, 0.2) is 5.13 Å². The summed E-state index contributed by atoms with van der Waals surface area (Å²) in [6.07, 6.45) is 0.276. The highest BCUT2D eigenvalue weighted by Crippen LogP contribution is 2.10. The average molecular weight is 242 g/mol. The van der Waals surface area contributed by atoms with Crippen molar-refractivity contribution in [1.29, 1.82) is 0 Å². The Balaban J connectivity index is 2.34. The van der Waals surface area contributed by atoms with Crippen LogP contribution in [0, 0.1) is 0 Å². The van der Waals surface area contributed by atoms with Crippen molar-refractivity contribution >= 4 is 28.3 Å². The lowest BCUT2D eigenvalue weighted by atomic mass is 10.3. The van der Waals surface area contributed by atoms with Gasteiger partial charge in [0.2, 0.25) is 5.91 Å². The van der Waals surface area contributed by atoms with Crippen molar-refractivity contribution in [2.45, 2.75) is 6.42 Å². The first kappa shape index (κ1) is 12.4. The summed E-state index contributed by atoms with van der Waals surface area (Å²) in [4.78, 5) is 28.0. The van der Waals surface area contributed by atoms with Gasteiger partial charge in [0.1, 0.15) is 5.69 Å². The fraction of sp³-hybridized carbons (Fsp3) is 0.444. The van der Waals surface area contributed by atoms with E-state index in [-0.39, 0.29) is 18.2 Å². The van der Waals surface area contributed by atoms with Crippen molar-refractivity contribution in [3.63, 3.8) is 0 Å². The van der Waals surface area contributed by atoms with Gasteiger partial charge in [0.25, 0.3) is 5.91 Å². The van der Waals surface area contributed by atoms with Gasteiger partial charge in [-0.3, -0.25) is 9.59 Å². The Hall–Kier alpha value is -1.63. The molecule has 0 fully saturated rings. The summed E-state index contributed by atoms with van der Waals surface area (Å²) in [5.74, 6) is -0.336. The number of hydrogen-bond donors (Lipinski definition) is 2. The molecule has 2 amide bonds. The highest BCUT2D eigenvalue weighted by Gasteiger charge is 2.10. The van der Waals surface area contributed by atoms with Crippen molar-refractivity contribution in [2.24, 2.45) is 0 Å². The Bertz CT molecular complexity index is 389. The molecule has 0 saturated carbocycles. The first-order chi connectivity index (χ1) is 7.50. The van der Waals surface area contributed by atoms with Gasteiger partial charge in [-0.2, -0.15) is 0 Å². The molecule has 0 aliphatic heterocycles. The first-order valence-electron chi connectivity index (χ1n) is 4.70. The van der Waals surface area contributed by atoms with E-state index in [9.17, 15) is 9.59 Å². The summed E-state index contributed by atoms with van der Waals surface area (Å²) in [7, 11) is 3.34. The molecule has 0 atom stereocenters. The second-order valence-corrected chi connectivity index (χ2v) is 4.25. The fourth-order valence-corrected chi connectivity index (χ4v) is 1.53. The zero-order chi connectivity index (χ0) is 12.1. The molecule has 16 heavy (non-hydrogen) atoms. The normalized spacial score (nSPS) is 9.88. The smallest absolute Gasteiger partial charge is 0.270 e. The van der Waals surface area contributed by atoms with E-state index < -0.39 is 0 Å². The van der Waals surface area contributed by atoms with Crippen LogP contribution in [0.4, 0.5) is 5.13 Å². The molecule has 1 aromatic heterocycles. The molecule has 0 aromatic carbocycles. The predicted molar refractivity (Wildman–Crippen MR) is 62.2 cm³/mol. The van der Waals surface area contributed by atoms with Crippen LogP contribution in [-0.4, -0.2) is 42.3 Å². The number of nitrogen functional groups attached to an aromatic ring is 1. The molecule has 6 nitrogen and oxygen atoms in total. The first-order valence-corrected chi connectivity index (χ1v) is 5.58. The molecular weight excluding hydrogens is 228 g/mol. The standard InChI is InChI=1S/C9H14N4O2S/c1-13(2)7(14)3-4-11-8(15)6-5-16-9(10)12-6/h5H,3-4H2,1-2H3,(H2,10,12)(H,11,15). The minimum absolute atomic E-state index is 0.0295. The van der Waals surface area contributed by atoms with Crippen LogP contribution >= 0.6 is 11.3 Å². The highest BCUT2D eigenvalue weighted by atomic mass is 32.1. The molecule has 3 N–H and O–H groups in total. The molecule has 0 aliphatic carbocycles. The van der Waals surface area contributed by atoms with E-state index in [0.717, 1.165) is 0 Å². The van der Waals surface area contributed by atoms with Gasteiger partial charge in [-0.15, -0.1) is 11.3 Å². The van der Waals surface area contributed by atoms with E-state index in [2.05, 4.69) is 10.3 Å². The third-order valence-corrected chi connectivity index (χ3v) is 2.55. The summed E-state index contributed by atoms with van der Waals surface area (Å²) in [6, 6.07) is 0. The summed E-state index contributed by atoms with van der Waals surface area (Å²) in [5.41, 5.74) is 5.69. The molecule has 1 rings (SSSR count). The zero-order valence-corrected chi connectivity index (χ0v) is 10.0. The number of hydrogen-bond acceptors (Lipinski definition) is 5. The molecule has 1 heterocycles. The van der Waals surface area contributed by atoms with Gasteiger partial charge in [0, 0.05) is 32.4 Å². The third kappa shape index (κ3) is 3.50. The number of rotatable bonds is 4. The van der Waals surface area contributed by atoms with Gasteiger partial charge < -0.3 is 16.0 Å². The number of thiazole rings is 1. The molecule has 0 bridgehead atoms. The molecule has 1 aromatic rings. The van der Waals surface area contributed by atoms with Crippen LogP contribution in [0.1, 0.15) is 16.9 Å². The van der Waals surface area contributed by atoms with Gasteiger partial charge >= 0.3 is 0 Å². The summed E-state index contributed by atoms with van der Waals surface area (Å²) in [5, 5.41) is 4.54. The summed E-state index contributed by atoms with van der Waals surface area (Å²) >= 11 is 1.21. The molecule has 7 heteroatoms. The monoisotopic (exact) mass is 242 g/mol. The van der Waals surface area contributed by atoms with Crippen molar-refractivity contribution in [3.05, 3.63) is 11.1 Å². The van der Waals surface area contributed by atoms with E-state index in [1.807, 2.05) is 0 Å². The van der Waals surface area contributed by atoms with Crippen LogP contribution in [0.15, 0.2) is 5.38 Å². The van der Waals surface area contributed by atoms with Crippen LogP contribution in [0.5, 0.6) is 0 Å². The van der Waals surface area contributed by atoms with Crippen LogP contribution in [0.2, 0.25) is 0 Å². The minimum Gasteiger partial charge on any atom is -0.375 e. The number of aromatic nitrogens is 1. The molecule has 88 valence electrons. The molecule has 0 spiro atoms. The molecule has 0 aliphatic rings. The molecule has 0 saturated heterocycles. The lowest BCUT2D eigenvalue weighted by molar-refractivity contribution is -0.128. The molecule has 0 unspecified atom stereocenters. The maximum absolute atomic E-state index is 11.5. The van der Waals surface area contributed by atoms with Gasteiger partial charge in [-0.1, -0.05) is 0 Å². The van der Waals surface area contributed by atoms with E-state index >= 15 is 0 Å². The second kappa shape index (κ2) is 5.45. The fourth-order valence-electron chi connectivity index (χ4n) is 0.989. The number of carbonyl (C=O) groups excluding carboxylic acids is 2. The Morgan fingerprint density at radius 1 is 1.56 bits per heavy atom. The zero-order valence-electron chi connectivity index (χ0n) is 9.19. The second-order valence-electron chi connectivity index (χ2n) is 3.37. The third-order valence-electron chi connectivity index (χ3n) is 1.88. The number of nitrogens with two attached hydrogens (primary N) is 1. The van der Waals surface area contributed by atoms with Gasteiger partial charge in [-0.05, 0) is 0 Å². The van der Waals surface area contributed by atoms with E-state index in [4.69, 9.17) is 5.73 Å². The quantitative estimate of drug-likeness (QED) is 0.773. The van der Waals surface area contributed by atoms with Crippen LogP contribution in [0.25, 0.3) is 0 Å². The maximum Gasteiger partial charge on any atom is 0.270 e. The number of amides is 2. The number of anilines is 1. The summed E-state index contributed by atoms with van der Waals surface area (Å²) in [6.45, 7) is 0.299. The van der Waals surface area contributed by atoms with Crippen molar-refractivity contribution < 1.29 is 9.59 Å². The Labute approximate surface area is 97.5 Å². The SMILES string of the molecule is CN(C)C(=O)CCNC(=O)c1csc(N)n1. The van der Waals surface area contributed by atoms with E-state index in [1.54, 1.807) is 19.5 Å². The minimum atomic E-state index is -0.306. The van der Waals surface area contributed by atoms with Crippen LogP contribution < -0.4 is 11.1 Å². The largest absolute Gasteiger partial charge is 0.375 e. The lowest BCUT2D eigenvalue weighted by Gasteiger charge is -2.09. The lowest BCUT2D eigenvalue weighted by Crippen LogP contribution is -2.30. The van der Waals surface area contributed by atoms with E-state index in [0.29, 0.717) is 17.4 Å². The number of nitrogens with zero attached hydrogens (tertiary/aromatic N) is 2. The Morgan fingerprint density at radius 2 is 2.25 bits per heavy atom. The highest BCUT2D eigenvalue weighted by molar-refractivity contribution is 7.13. The van der Waals surface area contributed by atoms with Crippen molar-refractivity contribution in [2.75, 3.05) is 26.4 Å². The Kier molecular flexibility index (Phi) is 4.24. The average Bonchev–Trinajstić information content (AvgIpc) is 2.64. The molecule has 0 radical (unpaired) electrons. The number of nitrogens with one attached hydrogen (secondary N) is 1. The van der Waals surface area contributed by atoms with Crippen molar-refractivity contribution in [1.82, 2.24) is 15.2 Å². The van der Waals surface area contributed by atoms with Gasteiger partial charge in [0.05, 0.1) is 0 Å². The van der Waals surface area contributed by atoms with Gasteiger partial charge in [-0.25, -0.2) is 4.98 Å². The predicted octanol–water partition coefficient (Wildman–Crippen LogP) is -0.0666. The summed E-state index contributed by atoms with van der Waals surface area (Å²) < 4.78 is 0. The molecular formula is C9H14N4O2S.